The van der Waals surface area contributed by atoms with Gasteiger partial charge in [-0.2, -0.15) is 0 Å². The SMILES string of the molecule is CCc1cccc(CC)c1NC(=O)CN1CCOC1=O. The summed E-state index contributed by atoms with van der Waals surface area (Å²) in [5.74, 6) is -0.181. The number of carbonyl (C=O) groups excluding carboxylic acids is 2. The molecule has 1 aliphatic rings. The topological polar surface area (TPSA) is 58.6 Å². The van der Waals surface area contributed by atoms with Gasteiger partial charge in [-0.25, -0.2) is 4.79 Å². The third kappa shape index (κ3) is 3.10. The molecule has 2 rings (SSSR count). The molecular formula is C15H20N2O3. The lowest BCUT2D eigenvalue weighted by molar-refractivity contribution is -0.116. The molecule has 0 atom stereocenters. The third-order valence-electron chi connectivity index (χ3n) is 3.44. The van der Waals surface area contributed by atoms with Crippen molar-refractivity contribution in [2.45, 2.75) is 26.7 Å². The van der Waals surface area contributed by atoms with Crippen LogP contribution in [0.3, 0.4) is 0 Å². The van der Waals surface area contributed by atoms with Crippen LogP contribution in [0.5, 0.6) is 0 Å². The van der Waals surface area contributed by atoms with Gasteiger partial charge in [-0.05, 0) is 24.0 Å². The van der Waals surface area contributed by atoms with Gasteiger partial charge in [0.05, 0.1) is 6.54 Å². The van der Waals surface area contributed by atoms with Crippen LogP contribution < -0.4 is 5.32 Å². The molecule has 108 valence electrons. The summed E-state index contributed by atoms with van der Waals surface area (Å²) in [5.41, 5.74) is 3.11. The molecule has 0 aliphatic carbocycles. The summed E-state index contributed by atoms with van der Waals surface area (Å²) in [6, 6.07) is 6.03. The van der Waals surface area contributed by atoms with Crippen LogP contribution in [0.1, 0.15) is 25.0 Å². The summed E-state index contributed by atoms with van der Waals surface area (Å²) in [7, 11) is 0. The summed E-state index contributed by atoms with van der Waals surface area (Å²) >= 11 is 0. The number of carbonyl (C=O) groups is 2. The maximum atomic E-state index is 12.1. The van der Waals surface area contributed by atoms with Crippen molar-refractivity contribution >= 4 is 17.7 Å². The molecule has 5 heteroatoms. The highest BCUT2D eigenvalue weighted by atomic mass is 16.6. The van der Waals surface area contributed by atoms with E-state index in [0.717, 1.165) is 29.7 Å². The van der Waals surface area contributed by atoms with Gasteiger partial charge in [0.15, 0.2) is 0 Å². The molecule has 0 spiro atoms. The first-order chi connectivity index (χ1) is 9.65. The quantitative estimate of drug-likeness (QED) is 0.897. The van der Waals surface area contributed by atoms with Crippen LogP contribution in [-0.4, -0.2) is 36.6 Å². The van der Waals surface area contributed by atoms with Crippen molar-refractivity contribution in [2.24, 2.45) is 0 Å². The Kier molecular flexibility index (Phi) is 4.61. The van der Waals surface area contributed by atoms with Crippen molar-refractivity contribution in [2.75, 3.05) is 25.0 Å². The minimum atomic E-state index is -0.417. The minimum absolute atomic E-state index is 0.0417. The number of rotatable bonds is 5. The molecule has 0 radical (unpaired) electrons. The average molecular weight is 276 g/mol. The number of ether oxygens (including phenoxy) is 1. The van der Waals surface area contributed by atoms with Crippen LogP contribution in [0.4, 0.5) is 10.5 Å². The Morgan fingerprint density at radius 1 is 1.30 bits per heavy atom. The van der Waals surface area contributed by atoms with Crippen LogP contribution >= 0.6 is 0 Å². The molecule has 5 nitrogen and oxygen atoms in total. The Labute approximate surface area is 118 Å². The van der Waals surface area contributed by atoms with Crippen LogP contribution in [-0.2, 0) is 22.4 Å². The summed E-state index contributed by atoms with van der Waals surface area (Å²) < 4.78 is 4.81. The fourth-order valence-corrected chi connectivity index (χ4v) is 2.32. The van der Waals surface area contributed by atoms with Gasteiger partial charge in [-0.3, -0.25) is 9.69 Å². The molecule has 1 saturated heterocycles. The fraction of sp³-hybridized carbons (Fsp3) is 0.467. The minimum Gasteiger partial charge on any atom is -0.448 e. The highest BCUT2D eigenvalue weighted by molar-refractivity contribution is 5.95. The van der Waals surface area contributed by atoms with Crippen molar-refractivity contribution in [3.63, 3.8) is 0 Å². The number of para-hydroxylation sites is 1. The smallest absolute Gasteiger partial charge is 0.410 e. The molecule has 1 N–H and O–H groups in total. The van der Waals surface area contributed by atoms with Crippen molar-refractivity contribution in [3.05, 3.63) is 29.3 Å². The lowest BCUT2D eigenvalue weighted by atomic mass is 10.0. The van der Waals surface area contributed by atoms with Gasteiger partial charge in [0.1, 0.15) is 13.2 Å². The van der Waals surface area contributed by atoms with Crippen LogP contribution in [0, 0.1) is 0 Å². The average Bonchev–Trinajstić information content (AvgIpc) is 2.84. The molecular weight excluding hydrogens is 256 g/mol. The molecule has 2 amide bonds. The maximum absolute atomic E-state index is 12.1. The molecule has 1 aromatic carbocycles. The monoisotopic (exact) mass is 276 g/mol. The van der Waals surface area contributed by atoms with E-state index in [1.165, 1.54) is 4.90 Å². The van der Waals surface area contributed by atoms with E-state index in [1.54, 1.807) is 0 Å². The standard InChI is InChI=1S/C15H20N2O3/c1-3-11-6-5-7-12(4-2)14(11)16-13(18)10-17-8-9-20-15(17)19/h5-7H,3-4,8-10H2,1-2H3,(H,16,18). The van der Waals surface area contributed by atoms with Gasteiger partial charge in [-0.1, -0.05) is 32.0 Å². The summed E-state index contributed by atoms with van der Waals surface area (Å²) in [6.45, 7) is 4.99. The first-order valence-electron chi connectivity index (χ1n) is 6.98. The number of aryl methyl sites for hydroxylation is 2. The van der Waals surface area contributed by atoms with Crippen LogP contribution in [0.15, 0.2) is 18.2 Å². The number of hydrogen-bond acceptors (Lipinski definition) is 3. The highest BCUT2D eigenvalue weighted by Gasteiger charge is 2.24. The number of benzene rings is 1. The normalized spacial score (nSPS) is 14.3. The maximum Gasteiger partial charge on any atom is 0.410 e. The van der Waals surface area contributed by atoms with Gasteiger partial charge in [-0.15, -0.1) is 0 Å². The Morgan fingerprint density at radius 3 is 2.45 bits per heavy atom. The van der Waals surface area contributed by atoms with E-state index >= 15 is 0 Å². The lowest BCUT2D eigenvalue weighted by Gasteiger charge is -2.16. The van der Waals surface area contributed by atoms with Gasteiger partial charge >= 0.3 is 6.09 Å². The van der Waals surface area contributed by atoms with Crippen LogP contribution in [0.2, 0.25) is 0 Å². The number of nitrogens with one attached hydrogen (secondary N) is 1. The first-order valence-corrected chi connectivity index (χ1v) is 6.98. The Hall–Kier alpha value is -2.04. The van der Waals surface area contributed by atoms with Gasteiger partial charge in [0, 0.05) is 5.69 Å². The van der Waals surface area contributed by atoms with Crippen molar-refractivity contribution in [3.8, 4) is 0 Å². The molecule has 0 bridgehead atoms. The summed E-state index contributed by atoms with van der Waals surface area (Å²) in [4.78, 5) is 24.8. The zero-order chi connectivity index (χ0) is 14.5. The second-order valence-corrected chi connectivity index (χ2v) is 4.74. The van der Waals surface area contributed by atoms with Gasteiger partial charge < -0.3 is 10.1 Å². The van der Waals surface area contributed by atoms with E-state index in [9.17, 15) is 9.59 Å². The predicted octanol–water partition coefficient (Wildman–Crippen LogP) is 2.20. The van der Waals surface area contributed by atoms with Crippen molar-refractivity contribution in [1.82, 2.24) is 4.90 Å². The van der Waals surface area contributed by atoms with Gasteiger partial charge in [0.25, 0.3) is 0 Å². The lowest BCUT2D eigenvalue weighted by Crippen LogP contribution is -2.34. The summed E-state index contributed by atoms with van der Waals surface area (Å²) in [6.07, 6.45) is 1.30. The van der Waals surface area contributed by atoms with E-state index in [2.05, 4.69) is 19.2 Å². The first kappa shape index (κ1) is 14.4. The second kappa shape index (κ2) is 6.41. The second-order valence-electron chi connectivity index (χ2n) is 4.74. The molecule has 1 aliphatic heterocycles. The van der Waals surface area contributed by atoms with E-state index in [4.69, 9.17) is 4.74 Å². The number of amides is 2. The molecule has 0 saturated carbocycles. The zero-order valence-corrected chi connectivity index (χ0v) is 11.9. The number of hydrogen-bond donors (Lipinski definition) is 1. The molecule has 20 heavy (non-hydrogen) atoms. The highest BCUT2D eigenvalue weighted by Crippen LogP contribution is 2.22. The summed E-state index contributed by atoms with van der Waals surface area (Å²) in [5, 5.41) is 2.94. The van der Waals surface area contributed by atoms with E-state index in [-0.39, 0.29) is 12.5 Å². The zero-order valence-electron chi connectivity index (χ0n) is 11.9. The van der Waals surface area contributed by atoms with Crippen molar-refractivity contribution < 1.29 is 14.3 Å². The number of nitrogens with zero attached hydrogens (tertiary/aromatic N) is 1. The van der Waals surface area contributed by atoms with E-state index < -0.39 is 6.09 Å². The van der Waals surface area contributed by atoms with Crippen molar-refractivity contribution in [1.29, 1.82) is 0 Å². The van der Waals surface area contributed by atoms with Gasteiger partial charge in [0.2, 0.25) is 5.91 Å². The Bertz CT molecular complexity index is 492. The predicted molar refractivity (Wildman–Crippen MR) is 76.7 cm³/mol. The van der Waals surface area contributed by atoms with E-state index in [1.807, 2.05) is 18.2 Å². The molecule has 1 fully saturated rings. The molecule has 0 unspecified atom stereocenters. The molecule has 0 aromatic heterocycles. The van der Waals surface area contributed by atoms with Crippen LogP contribution in [0.25, 0.3) is 0 Å². The Morgan fingerprint density at radius 2 is 1.95 bits per heavy atom. The molecule has 1 aromatic rings. The number of cyclic esters (lactones) is 1. The third-order valence-corrected chi connectivity index (χ3v) is 3.44. The molecule has 1 heterocycles. The van der Waals surface area contributed by atoms with E-state index in [0.29, 0.717) is 13.2 Å². The largest absolute Gasteiger partial charge is 0.448 e. The number of anilines is 1. The fourth-order valence-electron chi connectivity index (χ4n) is 2.32. The Balaban J connectivity index is 2.09.